The predicted octanol–water partition coefficient (Wildman–Crippen LogP) is 3.37. The van der Waals surface area contributed by atoms with E-state index in [1.165, 1.54) is 0 Å². The van der Waals surface area contributed by atoms with E-state index in [2.05, 4.69) is 27.7 Å². The highest BCUT2D eigenvalue weighted by molar-refractivity contribution is 5.77. The van der Waals surface area contributed by atoms with E-state index in [1.807, 2.05) is 34.1 Å². The minimum absolute atomic E-state index is 0.152. The Kier molecular flexibility index (Phi) is 4.76. The maximum absolute atomic E-state index is 12.6. The molecule has 1 atom stereocenters. The molecule has 0 N–H and O–H groups in total. The van der Waals surface area contributed by atoms with E-state index in [-0.39, 0.29) is 12.1 Å². The third-order valence-corrected chi connectivity index (χ3v) is 4.11. The van der Waals surface area contributed by atoms with Gasteiger partial charge in [-0.15, -0.1) is 0 Å². The highest BCUT2D eigenvalue weighted by Gasteiger charge is 2.39. The number of methoxy groups -OCH3 is 1. The van der Waals surface area contributed by atoms with Crippen molar-refractivity contribution in [1.29, 1.82) is 0 Å². The average Bonchev–Trinajstić information content (AvgIpc) is 2.77. The molecule has 4 nitrogen and oxygen atoms in total. The molecule has 116 valence electrons. The van der Waals surface area contributed by atoms with Crippen molar-refractivity contribution in [2.45, 2.75) is 46.3 Å². The highest BCUT2D eigenvalue weighted by atomic mass is 16.5. The number of hydrogen-bond donors (Lipinski definition) is 0. The van der Waals surface area contributed by atoms with E-state index in [1.54, 1.807) is 7.11 Å². The number of hydrogen-bond acceptors (Lipinski definition) is 2. The third-order valence-electron chi connectivity index (χ3n) is 4.11. The van der Waals surface area contributed by atoms with Gasteiger partial charge in [-0.2, -0.15) is 0 Å². The molecule has 0 aliphatic carbocycles. The minimum Gasteiger partial charge on any atom is -0.497 e. The maximum atomic E-state index is 12.6. The lowest BCUT2D eigenvalue weighted by Gasteiger charge is -2.29. The van der Waals surface area contributed by atoms with Crippen molar-refractivity contribution in [3.8, 4) is 5.75 Å². The number of rotatable bonds is 5. The molecule has 1 heterocycles. The minimum atomic E-state index is 0.152. The molecule has 0 spiro atoms. The van der Waals surface area contributed by atoms with Crippen LogP contribution in [-0.4, -0.2) is 41.6 Å². The van der Waals surface area contributed by atoms with E-state index in [0.717, 1.165) is 17.9 Å². The molecule has 1 aliphatic heterocycles. The second-order valence-electron chi connectivity index (χ2n) is 6.32. The lowest BCUT2D eigenvalue weighted by molar-refractivity contribution is 0.162. The summed E-state index contributed by atoms with van der Waals surface area (Å²) in [5, 5.41) is 0. The van der Waals surface area contributed by atoms with Gasteiger partial charge in [0.25, 0.3) is 0 Å². The summed E-state index contributed by atoms with van der Waals surface area (Å²) in [4.78, 5) is 16.6. The van der Waals surface area contributed by atoms with Gasteiger partial charge in [-0.25, -0.2) is 4.79 Å². The molecule has 0 bridgehead atoms. The standard InChI is InChI=1S/C17H26N2O2/c1-12(2)16-11-18(17(20)19(16)13(3)4)10-14-6-8-15(21-5)9-7-14/h6-9,12-13,16H,10-11H2,1-5H3. The Morgan fingerprint density at radius 1 is 1.19 bits per heavy atom. The molecular weight excluding hydrogens is 264 g/mol. The van der Waals surface area contributed by atoms with Crippen LogP contribution in [-0.2, 0) is 6.54 Å². The number of urea groups is 1. The summed E-state index contributed by atoms with van der Waals surface area (Å²) >= 11 is 0. The van der Waals surface area contributed by atoms with Crippen LogP contribution >= 0.6 is 0 Å². The molecule has 2 amide bonds. The van der Waals surface area contributed by atoms with Crippen molar-refractivity contribution in [3.05, 3.63) is 29.8 Å². The van der Waals surface area contributed by atoms with Gasteiger partial charge in [-0.1, -0.05) is 26.0 Å². The molecule has 0 aromatic heterocycles. The van der Waals surface area contributed by atoms with Crippen LogP contribution in [0.2, 0.25) is 0 Å². The zero-order valence-corrected chi connectivity index (χ0v) is 13.7. The van der Waals surface area contributed by atoms with Crippen LogP contribution in [0.4, 0.5) is 4.79 Å². The van der Waals surface area contributed by atoms with Gasteiger partial charge in [0.15, 0.2) is 0 Å². The lowest BCUT2D eigenvalue weighted by atomic mass is 10.0. The molecule has 21 heavy (non-hydrogen) atoms. The van der Waals surface area contributed by atoms with Crippen LogP contribution < -0.4 is 4.74 Å². The van der Waals surface area contributed by atoms with Crippen molar-refractivity contribution >= 4 is 6.03 Å². The number of amides is 2. The van der Waals surface area contributed by atoms with Crippen LogP contribution in [0.5, 0.6) is 5.75 Å². The summed E-state index contributed by atoms with van der Waals surface area (Å²) in [5.41, 5.74) is 1.14. The first kappa shape index (κ1) is 15.7. The van der Waals surface area contributed by atoms with E-state index in [9.17, 15) is 4.79 Å². The summed E-state index contributed by atoms with van der Waals surface area (Å²) in [7, 11) is 1.66. The molecule has 1 fully saturated rings. The lowest BCUT2D eigenvalue weighted by Crippen LogP contribution is -2.42. The number of carbonyl (C=O) groups excluding carboxylic acids is 1. The molecular formula is C17H26N2O2. The maximum Gasteiger partial charge on any atom is 0.320 e. The molecule has 0 radical (unpaired) electrons. The predicted molar refractivity (Wildman–Crippen MR) is 84.4 cm³/mol. The Morgan fingerprint density at radius 2 is 1.81 bits per heavy atom. The van der Waals surface area contributed by atoms with Crippen LogP contribution in [0, 0.1) is 5.92 Å². The van der Waals surface area contributed by atoms with Gasteiger partial charge in [0.1, 0.15) is 5.75 Å². The van der Waals surface area contributed by atoms with Crippen LogP contribution in [0.3, 0.4) is 0 Å². The van der Waals surface area contributed by atoms with Gasteiger partial charge >= 0.3 is 6.03 Å². The Hall–Kier alpha value is -1.71. The molecule has 1 unspecified atom stereocenters. The summed E-state index contributed by atoms with van der Waals surface area (Å²) < 4.78 is 5.17. The summed E-state index contributed by atoms with van der Waals surface area (Å²) in [5.74, 6) is 1.31. The highest BCUT2D eigenvalue weighted by Crippen LogP contribution is 2.26. The van der Waals surface area contributed by atoms with Crippen molar-refractivity contribution in [1.82, 2.24) is 9.80 Å². The SMILES string of the molecule is COc1ccc(CN2CC(C(C)C)N(C(C)C)C2=O)cc1. The quantitative estimate of drug-likeness (QED) is 0.833. The van der Waals surface area contributed by atoms with Gasteiger partial charge < -0.3 is 14.5 Å². The van der Waals surface area contributed by atoms with Gasteiger partial charge in [0, 0.05) is 19.1 Å². The fourth-order valence-corrected chi connectivity index (χ4v) is 2.92. The van der Waals surface area contributed by atoms with Crippen molar-refractivity contribution in [2.24, 2.45) is 5.92 Å². The first-order chi connectivity index (χ1) is 9.93. The zero-order chi connectivity index (χ0) is 15.6. The van der Waals surface area contributed by atoms with E-state index < -0.39 is 0 Å². The van der Waals surface area contributed by atoms with Crippen molar-refractivity contribution < 1.29 is 9.53 Å². The smallest absolute Gasteiger partial charge is 0.320 e. The Balaban J connectivity index is 2.11. The number of nitrogens with zero attached hydrogens (tertiary/aromatic N) is 2. The average molecular weight is 290 g/mol. The topological polar surface area (TPSA) is 32.8 Å². The first-order valence-corrected chi connectivity index (χ1v) is 7.64. The van der Waals surface area contributed by atoms with Gasteiger partial charge in [0.05, 0.1) is 13.2 Å². The van der Waals surface area contributed by atoms with Gasteiger partial charge in [-0.05, 0) is 37.5 Å². The molecule has 1 aromatic carbocycles. The molecule has 4 heteroatoms. The monoisotopic (exact) mass is 290 g/mol. The number of benzene rings is 1. The van der Waals surface area contributed by atoms with Crippen LogP contribution in [0.1, 0.15) is 33.3 Å². The first-order valence-electron chi connectivity index (χ1n) is 7.64. The third kappa shape index (κ3) is 3.31. The van der Waals surface area contributed by atoms with E-state index >= 15 is 0 Å². The van der Waals surface area contributed by atoms with E-state index in [4.69, 9.17) is 4.74 Å². The largest absolute Gasteiger partial charge is 0.497 e. The van der Waals surface area contributed by atoms with Crippen molar-refractivity contribution in [3.63, 3.8) is 0 Å². The Morgan fingerprint density at radius 3 is 2.24 bits per heavy atom. The summed E-state index contributed by atoms with van der Waals surface area (Å²) in [6.45, 7) is 10.0. The van der Waals surface area contributed by atoms with Crippen molar-refractivity contribution in [2.75, 3.05) is 13.7 Å². The van der Waals surface area contributed by atoms with Crippen LogP contribution in [0.25, 0.3) is 0 Å². The molecule has 1 aromatic rings. The molecule has 0 saturated carbocycles. The Labute approximate surface area is 127 Å². The summed E-state index contributed by atoms with van der Waals surface area (Å²) in [6.07, 6.45) is 0. The number of carbonyl (C=O) groups is 1. The summed E-state index contributed by atoms with van der Waals surface area (Å²) in [6, 6.07) is 8.62. The van der Waals surface area contributed by atoms with E-state index in [0.29, 0.717) is 18.5 Å². The van der Waals surface area contributed by atoms with Crippen LogP contribution in [0.15, 0.2) is 24.3 Å². The second-order valence-corrected chi connectivity index (χ2v) is 6.32. The molecule has 1 aliphatic rings. The fraction of sp³-hybridized carbons (Fsp3) is 0.588. The zero-order valence-electron chi connectivity index (χ0n) is 13.7. The second kappa shape index (κ2) is 6.37. The van der Waals surface area contributed by atoms with Gasteiger partial charge in [-0.3, -0.25) is 0 Å². The number of ether oxygens (including phenoxy) is 1. The Bertz CT molecular complexity index is 482. The van der Waals surface area contributed by atoms with Gasteiger partial charge in [0.2, 0.25) is 0 Å². The molecule has 2 rings (SSSR count). The fourth-order valence-electron chi connectivity index (χ4n) is 2.92. The molecule has 1 saturated heterocycles. The normalized spacial score (nSPS) is 19.0.